The van der Waals surface area contributed by atoms with Gasteiger partial charge in [-0.1, -0.05) is 29.8 Å². The highest BCUT2D eigenvalue weighted by Gasteiger charge is 2.20. The molecule has 0 radical (unpaired) electrons. The van der Waals surface area contributed by atoms with Gasteiger partial charge in [-0.15, -0.1) is 0 Å². The van der Waals surface area contributed by atoms with Crippen LogP contribution in [0.15, 0.2) is 36.4 Å². The van der Waals surface area contributed by atoms with E-state index in [-0.39, 0.29) is 11.6 Å². The van der Waals surface area contributed by atoms with Gasteiger partial charge in [0.05, 0.1) is 5.02 Å². The van der Waals surface area contributed by atoms with E-state index in [0.717, 1.165) is 12.1 Å². The van der Waals surface area contributed by atoms with Crippen molar-refractivity contribution in [2.75, 3.05) is 0 Å². The standard InChI is InChI=1S/C17H17ClFNO/c1-11-3-2-4-16(17(11)19)21-15-8-5-12(9-14(15)18)10-20-13-6-7-13/h2-5,8-9,13,20H,6-7,10H2,1H3. The van der Waals surface area contributed by atoms with Crippen LogP contribution >= 0.6 is 11.6 Å². The Hall–Kier alpha value is -1.58. The number of nitrogens with one attached hydrogen (secondary N) is 1. The first-order chi connectivity index (χ1) is 10.1. The summed E-state index contributed by atoms with van der Waals surface area (Å²) < 4.78 is 19.5. The normalized spacial score (nSPS) is 14.2. The Morgan fingerprint density at radius 1 is 1.24 bits per heavy atom. The summed E-state index contributed by atoms with van der Waals surface area (Å²) in [6.45, 7) is 2.50. The van der Waals surface area contributed by atoms with Crippen LogP contribution in [0.1, 0.15) is 24.0 Å². The summed E-state index contributed by atoms with van der Waals surface area (Å²) in [6, 6.07) is 11.3. The van der Waals surface area contributed by atoms with Crippen LogP contribution in [-0.2, 0) is 6.54 Å². The average Bonchev–Trinajstić information content (AvgIpc) is 3.28. The van der Waals surface area contributed by atoms with Gasteiger partial charge in [0, 0.05) is 12.6 Å². The fraction of sp³-hybridized carbons (Fsp3) is 0.294. The number of hydrogen-bond donors (Lipinski definition) is 1. The Kier molecular flexibility index (Phi) is 4.13. The monoisotopic (exact) mass is 305 g/mol. The third-order valence-corrected chi connectivity index (χ3v) is 3.84. The fourth-order valence-electron chi connectivity index (χ4n) is 2.10. The molecule has 1 aliphatic rings. The topological polar surface area (TPSA) is 21.3 Å². The first-order valence-electron chi connectivity index (χ1n) is 7.08. The number of benzene rings is 2. The van der Waals surface area contributed by atoms with Gasteiger partial charge in [-0.25, -0.2) is 4.39 Å². The van der Waals surface area contributed by atoms with Gasteiger partial charge in [0.2, 0.25) is 0 Å². The van der Waals surface area contributed by atoms with Gasteiger partial charge in [0.15, 0.2) is 11.6 Å². The van der Waals surface area contributed by atoms with Crippen LogP contribution in [0.3, 0.4) is 0 Å². The summed E-state index contributed by atoms with van der Waals surface area (Å²) in [7, 11) is 0. The molecule has 0 unspecified atom stereocenters. The van der Waals surface area contributed by atoms with Crippen LogP contribution in [0, 0.1) is 12.7 Å². The lowest BCUT2D eigenvalue weighted by molar-refractivity contribution is 0.440. The van der Waals surface area contributed by atoms with E-state index in [0.29, 0.717) is 22.4 Å². The van der Waals surface area contributed by atoms with Gasteiger partial charge in [-0.05, 0) is 49.1 Å². The molecule has 0 bridgehead atoms. The number of ether oxygens (including phenoxy) is 1. The van der Waals surface area contributed by atoms with Crippen LogP contribution < -0.4 is 10.1 Å². The molecule has 0 atom stereocenters. The van der Waals surface area contributed by atoms with Crippen LogP contribution in [0.5, 0.6) is 11.5 Å². The predicted molar refractivity (Wildman–Crippen MR) is 82.5 cm³/mol. The second kappa shape index (κ2) is 6.04. The zero-order valence-electron chi connectivity index (χ0n) is 11.8. The maximum Gasteiger partial charge on any atom is 0.168 e. The molecule has 0 heterocycles. The average molecular weight is 306 g/mol. The number of halogens is 2. The maximum absolute atomic E-state index is 13.9. The van der Waals surface area contributed by atoms with Crippen LogP contribution in [0.4, 0.5) is 4.39 Å². The number of aryl methyl sites for hydroxylation is 1. The van der Waals surface area contributed by atoms with E-state index in [2.05, 4.69) is 5.32 Å². The van der Waals surface area contributed by atoms with Crippen molar-refractivity contribution in [2.45, 2.75) is 32.4 Å². The van der Waals surface area contributed by atoms with E-state index >= 15 is 0 Å². The Bertz CT molecular complexity index is 655. The Balaban J connectivity index is 1.74. The summed E-state index contributed by atoms with van der Waals surface area (Å²) in [4.78, 5) is 0. The van der Waals surface area contributed by atoms with E-state index in [1.165, 1.54) is 12.8 Å². The van der Waals surface area contributed by atoms with E-state index in [1.807, 2.05) is 12.1 Å². The molecule has 4 heteroatoms. The summed E-state index contributed by atoms with van der Waals surface area (Å²) in [5.41, 5.74) is 1.65. The van der Waals surface area contributed by atoms with Crippen molar-refractivity contribution < 1.29 is 9.13 Å². The van der Waals surface area contributed by atoms with Crippen molar-refractivity contribution in [2.24, 2.45) is 0 Å². The summed E-state index contributed by atoms with van der Waals surface area (Å²) in [5.74, 6) is 0.310. The van der Waals surface area contributed by atoms with E-state index in [1.54, 1.807) is 31.2 Å². The van der Waals surface area contributed by atoms with Crippen LogP contribution in [0.2, 0.25) is 5.02 Å². The minimum Gasteiger partial charge on any atom is -0.453 e. The Morgan fingerprint density at radius 3 is 2.76 bits per heavy atom. The molecule has 110 valence electrons. The first-order valence-corrected chi connectivity index (χ1v) is 7.46. The first kappa shape index (κ1) is 14.4. The van der Waals surface area contributed by atoms with E-state index in [9.17, 15) is 4.39 Å². The lowest BCUT2D eigenvalue weighted by Crippen LogP contribution is -2.15. The molecule has 1 fully saturated rings. The van der Waals surface area contributed by atoms with Gasteiger partial charge in [-0.3, -0.25) is 0 Å². The molecule has 21 heavy (non-hydrogen) atoms. The lowest BCUT2D eigenvalue weighted by atomic mass is 10.2. The molecule has 0 amide bonds. The summed E-state index contributed by atoms with van der Waals surface area (Å²) >= 11 is 6.23. The molecule has 0 spiro atoms. The third-order valence-electron chi connectivity index (χ3n) is 3.54. The number of hydrogen-bond acceptors (Lipinski definition) is 2. The van der Waals surface area contributed by atoms with Gasteiger partial charge >= 0.3 is 0 Å². The molecule has 1 aliphatic carbocycles. The van der Waals surface area contributed by atoms with Gasteiger partial charge in [0.1, 0.15) is 5.75 Å². The van der Waals surface area contributed by atoms with Gasteiger partial charge in [-0.2, -0.15) is 0 Å². The van der Waals surface area contributed by atoms with Crippen LogP contribution in [0.25, 0.3) is 0 Å². The van der Waals surface area contributed by atoms with Crippen molar-refractivity contribution in [3.63, 3.8) is 0 Å². The molecule has 1 N–H and O–H groups in total. The highest BCUT2D eigenvalue weighted by atomic mass is 35.5. The van der Waals surface area contributed by atoms with Crippen LogP contribution in [-0.4, -0.2) is 6.04 Å². The Morgan fingerprint density at radius 2 is 2.05 bits per heavy atom. The lowest BCUT2D eigenvalue weighted by Gasteiger charge is -2.11. The molecule has 0 aliphatic heterocycles. The summed E-state index contributed by atoms with van der Waals surface area (Å²) in [6.07, 6.45) is 2.50. The van der Waals surface area contributed by atoms with E-state index in [4.69, 9.17) is 16.3 Å². The van der Waals surface area contributed by atoms with Gasteiger partial charge in [0.25, 0.3) is 0 Å². The fourth-order valence-corrected chi connectivity index (χ4v) is 2.35. The smallest absolute Gasteiger partial charge is 0.168 e. The molecule has 1 saturated carbocycles. The summed E-state index contributed by atoms with van der Waals surface area (Å²) in [5, 5.41) is 3.92. The highest BCUT2D eigenvalue weighted by molar-refractivity contribution is 6.32. The predicted octanol–water partition coefficient (Wildman–Crippen LogP) is 4.83. The second-order valence-electron chi connectivity index (χ2n) is 5.41. The van der Waals surface area contributed by atoms with Crippen molar-refractivity contribution in [3.8, 4) is 11.5 Å². The minimum absolute atomic E-state index is 0.195. The highest BCUT2D eigenvalue weighted by Crippen LogP contribution is 2.32. The molecule has 2 aromatic carbocycles. The largest absolute Gasteiger partial charge is 0.453 e. The van der Waals surface area contributed by atoms with Gasteiger partial charge < -0.3 is 10.1 Å². The van der Waals surface area contributed by atoms with Crippen molar-refractivity contribution in [1.29, 1.82) is 0 Å². The minimum atomic E-state index is -0.354. The molecular weight excluding hydrogens is 289 g/mol. The van der Waals surface area contributed by atoms with E-state index < -0.39 is 0 Å². The molecule has 0 saturated heterocycles. The van der Waals surface area contributed by atoms with Crippen molar-refractivity contribution in [3.05, 3.63) is 58.4 Å². The zero-order valence-corrected chi connectivity index (χ0v) is 12.6. The molecule has 0 aromatic heterocycles. The molecule has 2 aromatic rings. The molecular formula is C17H17ClFNO. The van der Waals surface area contributed by atoms with Crippen molar-refractivity contribution in [1.82, 2.24) is 5.32 Å². The Labute approximate surface area is 128 Å². The molecule has 2 nitrogen and oxygen atoms in total. The number of rotatable bonds is 5. The maximum atomic E-state index is 13.9. The zero-order chi connectivity index (χ0) is 14.8. The second-order valence-corrected chi connectivity index (χ2v) is 5.82. The quantitative estimate of drug-likeness (QED) is 0.854. The molecule has 3 rings (SSSR count). The van der Waals surface area contributed by atoms with Crippen molar-refractivity contribution >= 4 is 11.6 Å². The third kappa shape index (κ3) is 3.55. The SMILES string of the molecule is Cc1cccc(Oc2ccc(CNC3CC3)cc2Cl)c1F.